The highest BCUT2D eigenvalue weighted by Gasteiger charge is 2.14. The molecule has 3 aromatic rings. The molecule has 150 valence electrons. The van der Waals surface area contributed by atoms with Gasteiger partial charge < -0.3 is 14.8 Å². The second-order valence-corrected chi connectivity index (χ2v) is 7.45. The lowest BCUT2D eigenvalue weighted by Crippen LogP contribution is -2.29. The van der Waals surface area contributed by atoms with Gasteiger partial charge in [-0.15, -0.1) is 0 Å². The van der Waals surface area contributed by atoms with Crippen LogP contribution >= 0.6 is 0 Å². The van der Waals surface area contributed by atoms with Gasteiger partial charge in [0.25, 0.3) is 0 Å². The van der Waals surface area contributed by atoms with Crippen LogP contribution in [-0.2, 0) is 0 Å². The van der Waals surface area contributed by atoms with E-state index in [1.165, 1.54) is 0 Å². The highest BCUT2D eigenvalue weighted by molar-refractivity contribution is 5.98. The van der Waals surface area contributed by atoms with E-state index >= 15 is 0 Å². The van der Waals surface area contributed by atoms with Crippen molar-refractivity contribution in [2.45, 2.75) is 33.7 Å². The lowest BCUT2D eigenvalue weighted by Gasteiger charge is -2.14. The van der Waals surface area contributed by atoms with Crippen molar-refractivity contribution in [3.05, 3.63) is 83.4 Å². The Bertz CT molecular complexity index is 960. The number of carbonyl (C=O) groups excluding carboxylic acids is 1. The molecule has 29 heavy (non-hydrogen) atoms. The van der Waals surface area contributed by atoms with Crippen molar-refractivity contribution >= 4 is 5.78 Å². The molecular formula is C25H27NO3. The molecule has 1 N–H and O–H groups in total. The van der Waals surface area contributed by atoms with E-state index in [1.807, 2.05) is 76.2 Å². The van der Waals surface area contributed by atoms with Crippen LogP contribution in [0.15, 0.2) is 66.7 Å². The van der Waals surface area contributed by atoms with Crippen molar-refractivity contribution in [1.82, 2.24) is 5.32 Å². The zero-order valence-corrected chi connectivity index (χ0v) is 17.4. The maximum absolute atomic E-state index is 12.5. The first-order valence-corrected chi connectivity index (χ1v) is 9.80. The van der Waals surface area contributed by atoms with Gasteiger partial charge >= 0.3 is 0 Å². The molecule has 0 radical (unpaired) electrons. The fraction of sp³-hybridized carbons (Fsp3) is 0.240. The number of ether oxygens (including phenoxy) is 2. The quantitative estimate of drug-likeness (QED) is 0.475. The maximum atomic E-state index is 12.5. The Hall–Kier alpha value is -3.11. The number of aryl methyl sites for hydroxylation is 2. The van der Waals surface area contributed by atoms with E-state index < -0.39 is 0 Å². The van der Waals surface area contributed by atoms with Crippen LogP contribution in [0.25, 0.3) is 0 Å². The minimum absolute atomic E-state index is 0.00865. The van der Waals surface area contributed by atoms with Crippen LogP contribution in [0, 0.1) is 13.8 Å². The summed E-state index contributed by atoms with van der Waals surface area (Å²) in [5.74, 6) is 2.47. The number of benzene rings is 3. The van der Waals surface area contributed by atoms with Gasteiger partial charge in [-0.2, -0.15) is 0 Å². The SMILES string of the molecule is Cc1ccc(Oc2ccc(C(=O)CNC(C)C)cc2Oc2ccc(C)cc2)cc1. The number of nitrogens with one attached hydrogen (secondary N) is 1. The first kappa shape index (κ1) is 20.6. The number of carbonyl (C=O) groups is 1. The molecule has 4 heteroatoms. The van der Waals surface area contributed by atoms with Crippen LogP contribution < -0.4 is 14.8 Å². The summed E-state index contributed by atoms with van der Waals surface area (Å²) in [6, 6.07) is 21.1. The predicted molar refractivity (Wildman–Crippen MR) is 116 cm³/mol. The number of hydrogen-bond donors (Lipinski definition) is 1. The third kappa shape index (κ3) is 5.93. The molecule has 0 spiro atoms. The van der Waals surface area contributed by atoms with Crippen molar-refractivity contribution in [3.8, 4) is 23.0 Å². The normalized spacial score (nSPS) is 10.8. The van der Waals surface area contributed by atoms with E-state index in [2.05, 4.69) is 5.32 Å². The smallest absolute Gasteiger partial charge is 0.176 e. The second kappa shape index (κ2) is 9.39. The van der Waals surface area contributed by atoms with Crippen LogP contribution in [0.5, 0.6) is 23.0 Å². The summed E-state index contributed by atoms with van der Waals surface area (Å²) in [7, 11) is 0. The van der Waals surface area contributed by atoms with Gasteiger partial charge in [0.05, 0.1) is 6.54 Å². The van der Waals surface area contributed by atoms with E-state index in [4.69, 9.17) is 9.47 Å². The van der Waals surface area contributed by atoms with E-state index in [1.54, 1.807) is 18.2 Å². The molecule has 4 nitrogen and oxygen atoms in total. The van der Waals surface area contributed by atoms with Crippen LogP contribution in [0.1, 0.15) is 35.3 Å². The molecule has 0 aliphatic carbocycles. The molecule has 0 amide bonds. The topological polar surface area (TPSA) is 47.6 Å². The van der Waals surface area contributed by atoms with Gasteiger partial charge in [-0.3, -0.25) is 4.79 Å². The van der Waals surface area contributed by atoms with Crippen LogP contribution in [-0.4, -0.2) is 18.4 Å². The van der Waals surface area contributed by atoms with E-state index in [0.717, 1.165) is 11.1 Å². The molecule has 0 unspecified atom stereocenters. The molecule has 3 aromatic carbocycles. The highest BCUT2D eigenvalue weighted by Crippen LogP contribution is 2.36. The van der Waals surface area contributed by atoms with E-state index in [9.17, 15) is 4.79 Å². The van der Waals surface area contributed by atoms with Gasteiger partial charge in [0.2, 0.25) is 0 Å². The molecule has 0 aliphatic rings. The summed E-state index contributed by atoms with van der Waals surface area (Å²) >= 11 is 0. The third-order valence-corrected chi connectivity index (χ3v) is 4.43. The average Bonchev–Trinajstić information content (AvgIpc) is 2.70. The van der Waals surface area contributed by atoms with Crippen LogP contribution in [0.4, 0.5) is 0 Å². The molecule has 0 heterocycles. The highest BCUT2D eigenvalue weighted by atomic mass is 16.5. The fourth-order valence-electron chi connectivity index (χ4n) is 2.71. The molecule has 0 bridgehead atoms. The molecule has 0 saturated heterocycles. The first-order chi connectivity index (χ1) is 13.9. The van der Waals surface area contributed by atoms with Gasteiger partial charge in [0.15, 0.2) is 17.3 Å². The average molecular weight is 389 g/mol. The zero-order chi connectivity index (χ0) is 20.8. The monoisotopic (exact) mass is 389 g/mol. The van der Waals surface area contributed by atoms with Gasteiger partial charge in [0.1, 0.15) is 11.5 Å². The molecule has 0 atom stereocenters. The minimum Gasteiger partial charge on any atom is -0.453 e. The largest absolute Gasteiger partial charge is 0.453 e. The minimum atomic E-state index is 0.00865. The predicted octanol–water partition coefficient (Wildman–Crippen LogP) is 6.07. The van der Waals surface area contributed by atoms with Crippen molar-refractivity contribution in [1.29, 1.82) is 0 Å². The molecule has 0 aliphatic heterocycles. The lowest BCUT2D eigenvalue weighted by molar-refractivity contribution is 0.0988. The van der Waals surface area contributed by atoms with Gasteiger partial charge in [-0.1, -0.05) is 49.2 Å². The number of rotatable bonds is 8. The van der Waals surface area contributed by atoms with E-state index in [0.29, 0.717) is 28.6 Å². The van der Waals surface area contributed by atoms with Crippen LogP contribution in [0.3, 0.4) is 0 Å². The number of hydrogen-bond acceptors (Lipinski definition) is 4. The van der Waals surface area contributed by atoms with Crippen molar-refractivity contribution in [3.63, 3.8) is 0 Å². The summed E-state index contributed by atoms with van der Waals surface area (Å²) in [4.78, 5) is 12.5. The summed E-state index contributed by atoms with van der Waals surface area (Å²) < 4.78 is 12.1. The Labute approximate surface area is 172 Å². The Kier molecular flexibility index (Phi) is 6.68. The number of Topliss-reactive ketones (excluding diaryl/α,β-unsaturated/α-hetero) is 1. The van der Waals surface area contributed by atoms with Crippen molar-refractivity contribution < 1.29 is 14.3 Å². The van der Waals surface area contributed by atoms with Crippen molar-refractivity contribution in [2.75, 3.05) is 6.54 Å². The van der Waals surface area contributed by atoms with Gasteiger partial charge in [0, 0.05) is 11.6 Å². The Morgan fingerprint density at radius 1 is 0.793 bits per heavy atom. The zero-order valence-electron chi connectivity index (χ0n) is 17.4. The molecule has 0 aromatic heterocycles. The Morgan fingerprint density at radius 2 is 1.31 bits per heavy atom. The van der Waals surface area contributed by atoms with Crippen molar-refractivity contribution in [2.24, 2.45) is 0 Å². The van der Waals surface area contributed by atoms with Gasteiger partial charge in [-0.05, 0) is 56.3 Å². The Balaban J connectivity index is 1.89. The number of ketones is 1. The summed E-state index contributed by atoms with van der Waals surface area (Å²) in [6.45, 7) is 8.35. The molecule has 0 saturated carbocycles. The summed E-state index contributed by atoms with van der Waals surface area (Å²) in [5, 5.41) is 3.16. The standard InChI is InChI=1S/C25H27NO3/c1-17(2)26-16-23(27)20-9-14-24(28-21-10-5-18(3)6-11-21)25(15-20)29-22-12-7-19(4)8-13-22/h5-15,17,26H,16H2,1-4H3. The maximum Gasteiger partial charge on any atom is 0.176 e. The molecule has 3 rings (SSSR count). The fourth-order valence-corrected chi connectivity index (χ4v) is 2.71. The Morgan fingerprint density at radius 3 is 1.83 bits per heavy atom. The second-order valence-electron chi connectivity index (χ2n) is 7.45. The first-order valence-electron chi connectivity index (χ1n) is 9.80. The van der Waals surface area contributed by atoms with E-state index in [-0.39, 0.29) is 18.4 Å². The molecular weight excluding hydrogens is 362 g/mol. The third-order valence-electron chi connectivity index (χ3n) is 4.43. The summed E-state index contributed by atoms with van der Waals surface area (Å²) in [5.41, 5.74) is 2.89. The van der Waals surface area contributed by atoms with Crippen LogP contribution in [0.2, 0.25) is 0 Å². The molecule has 0 fully saturated rings. The van der Waals surface area contributed by atoms with Gasteiger partial charge in [-0.25, -0.2) is 0 Å². The summed E-state index contributed by atoms with van der Waals surface area (Å²) in [6.07, 6.45) is 0. The lowest BCUT2D eigenvalue weighted by atomic mass is 10.1.